The largest absolute Gasteiger partial charge is 0.495 e. The Bertz CT molecular complexity index is 1310. The van der Waals surface area contributed by atoms with Crippen LogP contribution in [0.3, 0.4) is 0 Å². The van der Waals surface area contributed by atoms with Gasteiger partial charge in [0, 0.05) is 18.5 Å². The predicted molar refractivity (Wildman–Crippen MR) is 123 cm³/mol. The van der Waals surface area contributed by atoms with Gasteiger partial charge in [0.15, 0.2) is 0 Å². The van der Waals surface area contributed by atoms with E-state index >= 15 is 0 Å². The van der Waals surface area contributed by atoms with Crippen molar-refractivity contribution in [3.8, 4) is 5.75 Å². The van der Waals surface area contributed by atoms with E-state index in [0.717, 1.165) is 16.5 Å². The minimum absolute atomic E-state index is 0.0799. The molecule has 2 heterocycles. The van der Waals surface area contributed by atoms with Gasteiger partial charge in [0.2, 0.25) is 10.0 Å². The summed E-state index contributed by atoms with van der Waals surface area (Å²) in [5.74, 6) is -0.548. The molecule has 1 fully saturated rings. The van der Waals surface area contributed by atoms with E-state index in [1.54, 1.807) is 0 Å². The van der Waals surface area contributed by atoms with E-state index in [0.29, 0.717) is 23.9 Å². The number of halogens is 1. The first-order valence-corrected chi connectivity index (χ1v) is 12.1. The second kappa shape index (κ2) is 9.64. The van der Waals surface area contributed by atoms with Crippen molar-refractivity contribution in [1.29, 1.82) is 0 Å². The molecule has 0 amide bonds. The highest BCUT2D eigenvalue weighted by Gasteiger charge is 2.30. The summed E-state index contributed by atoms with van der Waals surface area (Å²) in [6.07, 6.45) is 0. The smallest absolute Gasteiger partial charge is 0.338 e. The number of carbonyl (C=O) groups excluding carboxylic acids is 1. The molecule has 0 aliphatic carbocycles. The molecule has 174 valence electrons. The number of sulfonamides is 1. The quantitative estimate of drug-likeness (QED) is 0.487. The van der Waals surface area contributed by atoms with Crippen LogP contribution in [-0.2, 0) is 26.1 Å². The van der Waals surface area contributed by atoms with Gasteiger partial charge < -0.3 is 14.2 Å². The van der Waals surface area contributed by atoms with E-state index in [2.05, 4.69) is 4.98 Å². The number of morpholine rings is 1. The number of hydrogen-bond donors (Lipinski definition) is 0. The van der Waals surface area contributed by atoms with Crippen molar-refractivity contribution in [2.24, 2.45) is 0 Å². The van der Waals surface area contributed by atoms with Gasteiger partial charge >= 0.3 is 5.97 Å². The molecular weight excluding hydrogens is 468 g/mol. The molecular formula is C23H23ClN2O6S. The van der Waals surface area contributed by atoms with Crippen LogP contribution in [0.15, 0.2) is 47.4 Å². The maximum absolute atomic E-state index is 13.1. The fraction of sp³-hybridized carbons (Fsp3) is 0.304. The maximum Gasteiger partial charge on any atom is 0.338 e. The third kappa shape index (κ3) is 4.67. The minimum atomic E-state index is -3.88. The Morgan fingerprint density at radius 1 is 1.18 bits per heavy atom. The second-order valence-corrected chi connectivity index (χ2v) is 9.76. The molecule has 0 spiro atoms. The number of pyridine rings is 1. The van der Waals surface area contributed by atoms with Crippen molar-refractivity contribution in [2.45, 2.75) is 18.4 Å². The number of esters is 1. The Hall–Kier alpha value is -2.72. The fourth-order valence-corrected chi connectivity index (χ4v) is 5.45. The number of fused-ring (bicyclic) bond motifs is 1. The van der Waals surface area contributed by atoms with Crippen molar-refractivity contribution in [1.82, 2.24) is 9.29 Å². The maximum atomic E-state index is 13.1. The van der Waals surface area contributed by atoms with Crippen molar-refractivity contribution < 1.29 is 27.4 Å². The lowest BCUT2D eigenvalue weighted by molar-refractivity contribution is 0.0467. The Kier molecular flexibility index (Phi) is 6.85. The molecule has 0 atom stereocenters. The third-order valence-corrected chi connectivity index (χ3v) is 7.89. The van der Waals surface area contributed by atoms with Crippen LogP contribution < -0.4 is 4.74 Å². The molecule has 0 radical (unpaired) electrons. The van der Waals surface area contributed by atoms with Gasteiger partial charge in [-0.1, -0.05) is 29.8 Å². The Morgan fingerprint density at radius 2 is 1.91 bits per heavy atom. The fourth-order valence-electron chi connectivity index (χ4n) is 3.66. The molecule has 8 nitrogen and oxygen atoms in total. The zero-order valence-electron chi connectivity index (χ0n) is 18.2. The van der Waals surface area contributed by atoms with Crippen LogP contribution in [0, 0.1) is 6.92 Å². The molecule has 1 aromatic heterocycles. The van der Waals surface area contributed by atoms with Crippen molar-refractivity contribution in [2.75, 3.05) is 33.4 Å². The molecule has 0 N–H and O–H groups in total. The van der Waals surface area contributed by atoms with Gasteiger partial charge in [-0.05, 0) is 36.8 Å². The Balaban J connectivity index is 1.59. The summed E-state index contributed by atoms with van der Waals surface area (Å²) in [6.45, 7) is 2.80. The first-order valence-electron chi connectivity index (χ1n) is 10.3. The highest BCUT2D eigenvalue weighted by molar-refractivity contribution is 7.89. The lowest BCUT2D eigenvalue weighted by atomic mass is 10.1. The van der Waals surface area contributed by atoms with Gasteiger partial charge in [-0.15, -0.1) is 0 Å². The number of rotatable bonds is 6. The topological polar surface area (TPSA) is 95.0 Å². The number of methoxy groups -OCH3 is 1. The van der Waals surface area contributed by atoms with E-state index in [4.69, 9.17) is 25.8 Å². The molecule has 0 saturated carbocycles. The highest BCUT2D eigenvalue weighted by Crippen LogP contribution is 2.30. The average molecular weight is 491 g/mol. The van der Waals surface area contributed by atoms with Gasteiger partial charge in [-0.25, -0.2) is 18.2 Å². The van der Waals surface area contributed by atoms with Crippen LogP contribution in [0.1, 0.15) is 21.6 Å². The number of aromatic nitrogens is 1. The monoisotopic (exact) mass is 490 g/mol. The summed E-state index contributed by atoms with van der Waals surface area (Å²) in [7, 11) is -2.50. The van der Waals surface area contributed by atoms with Gasteiger partial charge in [0.25, 0.3) is 0 Å². The SMILES string of the molecule is COc1ccc(C(=O)OCc2nc3ccccc3c(C)c2Cl)cc1S(=O)(=O)N1CCOCC1. The van der Waals surface area contributed by atoms with Crippen LogP contribution in [0.2, 0.25) is 5.02 Å². The van der Waals surface area contributed by atoms with Crippen LogP contribution in [0.5, 0.6) is 5.75 Å². The van der Waals surface area contributed by atoms with Crippen LogP contribution >= 0.6 is 11.6 Å². The summed E-state index contributed by atoms with van der Waals surface area (Å²) < 4.78 is 43.5. The number of ether oxygens (including phenoxy) is 3. The highest BCUT2D eigenvalue weighted by atomic mass is 35.5. The van der Waals surface area contributed by atoms with Crippen LogP contribution in [0.4, 0.5) is 0 Å². The average Bonchev–Trinajstić information content (AvgIpc) is 2.85. The van der Waals surface area contributed by atoms with Crippen molar-refractivity contribution in [3.63, 3.8) is 0 Å². The van der Waals surface area contributed by atoms with Crippen molar-refractivity contribution in [3.05, 3.63) is 64.3 Å². The van der Waals surface area contributed by atoms with E-state index < -0.39 is 16.0 Å². The number of para-hydroxylation sites is 1. The lowest BCUT2D eigenvalue weighted by Gasteiger charge is -2.26. The van der Waals surface area contributed by atoms with E-state index in [1.807, 2.05) is 31.2 Å². The molecule has 1 aliphatic rings. The Morgan fingerprint density at radius 3 is 2.64 bits per heavy atom. The van der Waals surface area contributed by atoms with Gasteiger partial charge in [-0.2, -0.15) is 4.31 Å². The molecule has 1 saturated heterocycles. The summed E-state index contributed by atoms with van der Waals surface area (Å²) in [5.41, 5.74) is 2.09. The first-order chi connectivity index (χ1) is 15.8. The zero-order chi connectivity index (χ0) is 23.6. The van der Waals surface area contributed by atoms with Gasteiger partial charge in [0.1, 0.15) is 17.3 Å². The minimum Gasteiger partial charge on any atom is -0.495 e. The number of nitrogens with zero attached hydrogens (tertiary/aromatic N) is 2. The standard InChI is InChI=1S/C23H23ClN2O6S/c1-15-17-5-3-4-6-18(17)25-19(22(15)24)14-32-23(27)16-7-8-20(30-2)21(13-16)33(28,29)26-9-11-31-12-10-26/h3-8,13H,9-12,14H2,1-2H3. The first kappa shape index (κ1) is 23.4. The summed E-state index contributed by atoms with van der Waals surface area (Å²) >= 11 is 6.45. The molecule has 1 aliphatic heterocycles. The number of aryl methyl sites for hydroxylation is 1. The van der Waals surface area contributed by atoms with Gasteiger partial charge in [0.05, 0.1) is 42.1 Å². The zero-order valence-corrected chi connectivity index (χ0v) is 19.8. The molecule has 0 bridgehead atoms. The van der Waals surface area contributed by atoms with Crippen molar-refractivity contribution >= 4 is 38.5 Å². The molecule has 2 aromatic carbocycles. The molecule has 10 heteroatoms. The van der Waals surface area contributed by atoms with Crippen LogP contribution in [0.25, 0.3) is 10.9 Å². The second-order valence-electron chi connectivity index (χ2n) is 7.47. The summed E-state index contributed by atoms with van der Waals surface area (Å²) in [6, 6.07) is 11.7. The predicted octanol–water partition coefficient (Wildman–Crippen LogP) is 3.58. The number of carbonyl (C=O) groups is 1. The van der Waals surface area contributed by atoms with Crippen LogP contribution in [-0.4, -0.2) is 57.1 Å². The molecule has 0 unspecified atom stereocenters. The van der Waals surface area contributed by atoms with E-state index in [1.165, 1.54) is 29.6 Å². The molecule has 3 aromatic rings. The molecule has 4 rings (SSSR count). The van der Waals surface area contributed by atoms with Gasteiger partial charge in [-0.3, -0.25) is 0 Å². The number of hydrogen-bond acceptors (Lipinski definition) is 7. The third-order valence-electron chi connectivity index (χ3n) is 5.47. The lowest BCUT2D eigenvalue weighted by Crippen LogP contribution is -2.40. The van der Waals surface area contributed by atoms with E-state index in [9.17, 15) is 13.2 Å². The van der Waals surface area contributed by atoms with E-state index in [-0.39, 0.29) is 35.9 Å². The Labute approximate surface area is 197 Å². The normalized spacial score (nSPS) is 14.9. The molecule has 33 heavy (non-hydrogen) atoms. The number of benzene rings is 2. The summed E-state index contributed by atoms with van der Waals surface area (Å²) in [4.78, 5) is 17.2. The summed E-state index contributed by atoms with van der Waals surface area (Å²) in [5, 5.41) is 1.34.